The summed E-state index contributed by atoms with van der Waals surface area (Å²) in [6.45, 7) is 5.14. The third kappa shape index (κ3) is 2.57. The van der Waals surface area contributed by atoms with Crippen LogP contribution in [0.1, 0.15) is 32.1 Å². The molecule has 0 aromatic heterocycles. The molecule has 104 valence electrons. The monoisotopic (exact) mass is 254 g/mol. The van der Waals surface area contributed by atoms with Crippen molar-refractivity contribution >= 4 is 0 Å². The largest absolute Gasteiger partial charge is 0.378 e. The molecular weight excluding hydrogens is 228 g/mol. The maximum Gasteiger partial charge on any atom is 0.106 e. The summed E-state index contributed by atoms with van der Waals surface area (Å²) in [7, 11) is 1.82. The summed E-state index contributed by atoms with van der Waals surface area (Å²) in [5.41, 5.74) is -0.0627. The average molecular weight is 254 g/mol. The molecule has 3 unspecified atom stereocenters. The van der Waals surface area contributed by atoms with Crippen molar-refractivity contribution in [3.63, 3.8) is 0 Å². The van der Waals surface area contributed by atoms with Crippen LogP contribution in [0.15, 0.2) is 0 Å². The van der Waals surface area contributed by atoms with Gasteiger partial charge in [0.2, 0.25) is 0 Å². The maximum atomic E-state index is 5.68. The molecule has 1 N–H and O–H groups in total. The third-order valence-electron chi connectivity index (χ3n) is 5.03. The third-order valence-corrected chi connectivity index (χ3v) is 5.03. The zero-order valence-electron chi connectivity index (χ0n) is 11.5. The molecule has 18 heavy (non-hydrogen) atoms. The van der Waals surface area contributed by atoms with Gasteiger partial charge in [-0.2, -0.15) is 0 Å². The number of nitrogens with one attached hydrogen (secondary N) is 1. The van der Waals surface area contributed by atoms with Crippen molar-refractivity contribution in [2.45, 2.75) is 49.8 Å². The van der Waals surface area contributed by atoms with Crippen LogP contribution in [-0.2, 0) is 9.47 Å². The summed E-state index contributed by atoms with van der Waals surface area (Å²) in [5.74, 6) is 0. The fraction of sp³-hybridized carbons (Fsp3) is 1.00. The van der Waals surface area contributed by atoms with E-state index in [9.17, 15) is 0 Å². The number of piperidine rings is 1. The van der Waals surface area contributed by atoms with E-state index in [1.165, 1.54) is 38.8 Å². The van der Waals surface area contributed by atoms with Crippen molar-refractivity contribution < 1.29 is 9.47 Å². The van der Waals surface area contributed by atoms with Gasteiger partial charge >= 0.3 is 0 Å². The van der Waals surface area contributed by atoms with Gasteiger partial charge in [0.1, 0.15) is 5.60 Å². The van der Waals surface area contributed by atoms with Gasteiger partial charge in [-0.05, 0) is 38.8 Å². The molecule has 0 spiro atoms. The van der Waals surface area contributed by atoms with Gasteiger partial charge in [0, 0.05) is 38.8 Å². The van der Waals surface area contributed by atoms with Gasteiger partial charge < -0.3 is 19.7 Å². The molecule has 3 aliphatic rings. The minimum atomic E-state index is -0.0627. The first-order valence-corrected chi connectivity index (χ1v) is 7.42. The number of rotatable bonds is 4. The molecule has 0 aromatic rings. The molecule has 0 saturated carbocycles. The number of ether oxygens (including phenoxy) is 2. The molecule has 4 heteroatoms. The fourth-order valence-corrected chi connectivity index (χ4v) is 3.70. The lowest BCUT2D eigenvalue weighted by Crippen LogP contribution is -2.51. The van der Waals surface area contributed by atoms with Crippen LogP contribution in [0.2, 0.25) is 0 Å². The Balaban J connectivity index is 1.48. The zero-order valence-corrected chi connectivity index (χ0v) is 11.5. The first-order valence-electron chi connectivity index (χ1n) is 7.42. The van der Waals surface area contributed by atoms with E-state index in [-0.39, 0.29) is 5.60 Å². The van der Waals surface area contributed by atoms with Crippen LogP contribution in [0.3, 0.4) is 0 Å². The molecule has 0 bridgehead atoms. The van der Waals surface area contributed by atoms with Crippen LogP contribution in [-0.4, -0.2) is 62.5 Å². The fourth-order valence-electron chi connectivity index (χ4n) is 3.70. The van der Waals surface area contributed by atoms with Gasteiger partial charge in [-0.3, -0.25) is 0 Å². The lowest BCUT2D eigenvalue weighted by Gasteiger charge is -2.37. The second-order valence-electron chi connectivity index (χ2n) is 6.12. The highest BCUT2D eigenvalue weighted by molar-refractivity contribution is 4.92. The minimum absolute atomic E-state index is 0.0627. The Kier molecular flexibility index (Phi) is 3.89. The summed E-state index contributed by atoms with van der Waals surface area (Å²) < 4.78 is 11.2. The van der Waals surface area contributed by atoms with Crippen LogP contribution in [0, 0.1) is 0 Å². The predicted molar refractivity (Wildman–Crippen MR) is 70.8 cm³/mol. The summed E-state index contributed by atoms with van der Waals surface area (Å²) in [5, 5.41) is 3.74. The van der Waals surface area contributed by atoms with Crippen molar-refractivity contribution in [1.29, 1.82) is 0 Å². The van der Waals surface area contributed by atoms with E-state index in [4.69, 9.17) is 9.47 Å². The number of methoxy groups -OCH3 is 1. The molecule has 0 aliphatic carbocycles. The van der Waals surface area contributed by atoms with Crippen molar-refractivity contribution in [3.8, 4) is 0 Å². The predicted octanol–water partition coefficient (Wildman–Crippen LogP) is 1.01. The zero-order chi connectivity index (χ0) is 12.4. The average Bonchev–Trinajstić information content (AvgIpc) is 3.05. The number of hydrogen-bond acceptors (Lipinski definition) is 4. The Morgan fingerprint density at radius 1 is 1.39 bits per heavy atom. The van der Waals surface area contributed by atoms with Crippen LogP contribution >= 0.6 is 0 Å². The Bertz CT molecular complexity index is 279. The Morgan fingerprint density at radius 2 is 2.33 bits per heavy atom. The van der Waals surface area contributed by atoms with Gasteiger partial charge in [-0.15, -0.1) is 0 Å². The standard InChI is InChI=1S/C14H26N2O2/c1-17-14(5-8-18-11-14)10-15-12-4-7-16-6-2-3-13(16)9-12/h12-13,15H,2-11H2,1H3. The smallest absolute Gasteiger partial charge is 0.106 e. The molecule has 0 aromatic carbocycles. The van der Waals surface area contributed by atoms with Crippen molar-refractivity contribution in [2.24, 2.45) is 0 Å². The van der Waals surface area contributed by atoms with Crippen molar-refractivity contribution in [3.05, 3.63) is 0 Å². The lowest BCUT2D eigenvalue weighted by molar-refractivity contribution is -0.0193. The first-order chi connectivity index (χ1) is 8.81. The number of fused-ring (bicyclic) bond motifs is 1. The van der Waals surface area contributed by atoms with Crippen LogP contribution in [0.5, 0.6) is 0 Å². The highest BCUT2D eigenvalue weighted by Gasteiger charge is 2.37. The van der Waals surface area contributed by atoms with Gasteiger partial charge in [0.25, 0.3) is 0 Å². The van der Waals surface area contributed by atoms with Crippen LogP contribution in [0.4, 0.5) is 0 Å². The highest BCUT2D eigenvalue weighted by Crippen LogP contribution is 2.28. The van der Waals surface area contributed by atoms with E-state index in [2.05, 4.69) is 10.2 Å². The molecular formula is C14H26N2O2. The quantitative estimate of drug-likeness (QED) is 0.812. The molecule has 4 nitrogen and oxygen atoms in total. The van der Waals surface area contributed by atoms with E-state index < -0.39 is 0 Å². The van der Waals surface area contributed by atoms with Gasteiger partial charge in [-0.1, -0.05) is 0 Å². The van der Waals surface area contributed by atoms with Crippen LogP contribution < -0.4 is 5.32 Å². The minimum Gasteiger partial charge on any atom is -0.378 e. The second-order valence-corrected chi connectivity index (χ2v) is 6.12. The molecule has 0 amide bonds. The molecule has 3 atom stereocenters. The molecule has 3 aliphatic heterocycles. The maximum absolute atomic E-state index is 5.68. The van der Waals surface area contributed by atoms with E-state index in [1.807, 2.05) is 7.11 Å². The van der Waals surface area contributed by atoms with E-state index in [0.29, 0.717) is 6.04 Å². The van der Waals surface area contributed by atoms with Crippen molar-refractivity contribution in [2.75, 3.05) is 40.0 Å². The first kappa shape index (κ1) is 12.9. The normalized spacial score (nSPS) is 41.2. The summed E-state index contributed by atoms with van der Waals surface area (Å²) in [6.07, 6.45) is 6.43. The number of hydrogen-bond donors (Lipinski definition) is 1. The summed E-state index contributed by atoms with van der Waals surface area (Å²) >= 11 is 0. The Hall–Kier alpha value is -0.160. The second kappa shape index (κ2) is 5.45. The Morgan fingerprint density at radius 3 is 3.11 bits per heavy atom. The van der Waals surface area contributed by atoms with E-state index in [1.54, 1.807) is 0 Å². The lowest BCUT2D eigenvalue weighted by atomic mass is 9.96. The molecule has 3 fully saturated rings. The van der Waals surface area contributed by atoms with Crippen LogP contribution in [0.25, 0.3) is 0 Å². The Labute approximate surface area is 110 Å². The molecule has 3 saturated heterocycles. The summed E-state index contributed by atoms with van der Waals surface area (Å²) in [6, 6.07) is 1.52. The number of nitrogens with zero attached hydrogens (tertiary/aromatic N) is 1. The van der Waals surface area contributed by atoms with E-state index in [0.717, 1.165) is 32.2 Å². The van der Waals surface area contributed by atoms with E-state index >= 15 is 0 Å². The van der Waals surface area contributed by atoms with Gasteiger partial charge in [0.15, 0.2) is 0 Å². The SMILES string of the molecule is COC1(CNC2CCN3CCCC3C2)CCOC1. The molecule has 0 radical (unpaired) electrons. The summed E-state index contributed by atoms with van der Waals surface area (Å²) in [4.78, 5) is 2.67. The highest BCUT2D eigenvalue weighted by atomic mass is 16.5. The van der Waals surface area contributed by atoms with Gasteiger partial charge in [-0.25, -0.2) is 0 Å². The van der Waals surface area contributed by atoms with Crippen molar-refractivity contribution in [1.82, 2.24) is 10.2 Å². The topological polar surface area (TPSA) is 33.7 Å². The van der Waals surface area contributed by atoms with Gasteiger partial charge in [0.05, 0.1) is 6.61 Å². The molecule has 3 rings (SSSR count). The molecule has 3 heterocycles.